The van der Waals surface area contributed by atoms with E-state index < -0.39 is 16.1 Å². The SMILES string of the molecule is CCOC(=O)c1ccccc1/C(C#N)=C1/C=CC(=NOS(C)(=O)=O)S1. The molecule has 0 saturated carbocycles. The molecular formula is C16H14N2O5S2. The second-order valence-corrected chi connectivity index (χ2v) is 7.38. The van der Waals surface area contributed by atoms with Crippen LogP contribution in [-0.4, -0.2) is 32.3 Å². The van der Waals surface area contributed by atoms with Crippen LogP contribution in [-0.2, 0) is 19.1 Å². The van der Waals surface area contributed by atoms with Crippen molar-refractivity contribution in [2.45, 2.75) is 6.92 Å². The van der Waals surface area contributed by atoms with Gasteiger partial charge >= 0.3 is 16.1 Å². The molecule has 0 saturated heterocycles. The lowest BCUT2D eigenvalue weighted by Gasteiger charge is -2.09. The summed E-state index contributed by atoms with van der Waals surface area (Å²) in [5.41, 5.74) is 0.968. The number of carbonyl (C=O) groups excluding carboxylic acids is 1. The molecule has 1 heterocycles. The van der Waals surface area contributed by atoms with E-state index in [-0.39, 0.29) is 22.8 Å². The molecule has 0 aliphatic carbocycles. The van der Waals surface area contributed by atoms with Gasteiger partial charge in [-0.05, 0) is 25.1 Å². The second kappa shape index (κ2) is 8.00. The first kappa shape index (κ1) is 18.8. The second-order valence-electron chi connectivity index (χ2n) is 4.76. The molecule has 0 unspecified atom stereocenters. The monoisotopic (exact) mass is 378 g/mol. The molecule has 7 nitrogen and oxygen atoms in total. The average Bonchev–Trinajstić information content (AvgIpc) is 3.02. The number of hydrogen-bond donors (Lipinski definition) is 0. The van der Waals surface area contributed by atoms with Gasteiger partial charge in [0.1, 0.15) is 11.1 Å². The molecular weight excluding hydrogens is 364 g/mol. The molecule has 0 fully saturated rings. The summed E-state index contributed by atoms with van der Waals surface area (Å²) in [7, 11) is -3.71. The Morgan fingerprint density at radius 3 is 2.56 bits per heavy atom. The molecule has 1 aliphatic heterocycles. The number of nitriles is 1. The quantitative estimate of drug-likeness (QED) is 0.440. The number of carbonyl (C=O) groups is 1. The zero-order valence-corrected chi connectivity index (χ0v) is 15.1. The summed E-state index contributed by atoms with van der Waals surface area (Å²) < 4.78 is 31.4. The molecule has 25 heavy (non-hydrogen) atoms. The Morgan fingerprint density at radius 2 is 1.96 bits per heavy atom. The summed E-state index contributed by atoms with van der Waals surface area (Å²) in [5, 5.41) is 13.3. The highest BCUT2D eigenvalue weighted by Gasteiger charge is 2.21. The first-order valence-electron chi connectivity index (χ1n) is 7.09. The number of oxime groups is 1. The number of rotatable bonds is 5. The maximum Gasteiger partial charge on any atom is 0.338 e. The van der Waals surface area contributed by atoms with Crippen LogP contribution < -0.4 is 0 Å². The lowest BCUT2D eigenvalue weighted by molar-refractivity contribution is 0.0526. The standard InChI is InChI=1S/C16H14N2O5S2/c1-3-22-16(19)12-7-5-4-6-11(12)13(10-17)14-8-9-15(24-14)18-23-25(2,20)21/h4-9H,3H2,1-2H3/b14-13-,18-15?. The smallest absolute Gasteiger partial charge is 0.338 e. The molecule has 0 N–H and O–H groups in total. The number of nitrogens with zero attached hydrogens (tertiary/aromatic N) is 2. The zero-order chi connectivity index (χ0) is 18.4. The van der Waals surface area contributed by atoms with Crippen LogP contribution in [0.4, 0.5) is 0 Å². The Kier molecular flexibility index (Phi) is 6.01. The third-order valence-electron chi connectivity index (χ3n) is 2.90. The van der Waals surface area contributed by atoms with Crippen molar-refractivity contribution in [3.05, 3.63) is 52.4 Å². The van der Waals surface area contributed by atoms with E-state index in [1.807, 2.05) is 0 Å². The van der Waals surface area contributed by atoms with Crippen molar-refractivity contribution in [2.75, 3.05) is 12.9 Å². The normalized spacial score (nSPS) is 17.2. The summed E-state index contributed by atoms with van der Waals surface area (Å²) in [6.07, 6.45) is 4.01. The summed E-state index contributed by atoms with van der Waals surface area (Å²) in [4.78, 5) is 12.6. The molecule has 0 bridgehead atoms. The number of thioether (sulfide) groups is 1. The number of allylic oxidation sites excluding steroid dienone is 2. The molecule has 2 rings (SSSR count). The third-order valence-corrected chi connectivity index (χ3v) is 4.23. The molecule has 0 aromatic heterocycles. The van der Waals surface area contributed by atoms with Crippen LogP contribution in [0, 0.1) is 11.3 Å². The van der Waals surface area contributed by atoms with E-state index in [0.29, 0.717) is 10.5 Å². The van der Waals surface area contributed by atoms with Crippen molar-refractivity contribution in [3.8, 4) is 6.07 Å². The summed E-state index contributed by atoms with van der Waals surface area (Å²) in [6, 6.07) is 8.69. The van der Waals surface area contributed by atoms with Gasteiger partial charge in [0.2, 0.25) is 0 Å². The summed E-state index contributed by atoms with van der Waals surface area (Å²) in [6.45, 7) is 1.92. The first-order valence-corrected chi connectivity index (χ1v) is 9.72. The van der Waals surface area contributed by atoms with Crippen molar-refractivity contribution < 1.29 is 22.2 Å². The maximum atomic E-state index is 12.1. The minimum Gasteiger partial charge on any atom is -0.462 e. The van der Waals surface area contributed by atoms with E-state index in [9.17, 15) is 18.5 Å². The van der Waals surface area contributed by atoms with E-state index in [1.165, 1.54) is 6.08 Å². The molecule has 9 heteroatoms. The number of esters is 1. The van der Waals surface area contributed by atoms with Crippen LogP contribution in [0.5, 0.6) is 0 Å². The largest absolute Gasteiger partial charge is 0.462 e. The van der Waals surface area contributed by atoms with Gasteiger partial charge in [-0.2, -0.15) is 13.7 Å². The van der Waals surface area contributed by atoms with Gasteiger partial charge in [0.25, 0.3) is 0 Å². The Balaban J connectivity index is 2.39. The fourth-order valence-corrected chi connectivity index (χ4v) is 3.04. The van der Waals surface area contributed by atoms with E-state index in [0.717, 1.165) is 18.0 Å². The van der Waals surface area contributed by atoms with Crippen LogP contribution in [0.15, 0.2) is 46.5 Å². The lowest BCUT2D eigenvalue weighted by atomic mass is 10.00. The molecule has 0 atom stereocenters. The predicted molar refractivity (Wildman–Crippen MR) is 95.0 cm³/mol. The number of hydrogen-bond acceptors (Lipinski definition) is 8. The van der Waals surface area contributed by atoms with Gasteiger partial charge in [-0.15, -0.1) is 0 Å². The van der Waals surface area contributed by atoms with Gasteiger partial charge in [-0.25, -0.2) is 4.79 Å². The van der Waals surface area contributed by atoms with Crippen molar-refractivity contribution in [3.63, 3.8) is 0 Å². The van der Waals surface area contributed by atoms with Gasteiger partial charge in [0, 0.05) is 10.5 Å². The minimum absolute atomic E-state index is 0.222. The fourth-order valence-electron chi connectivity index (χ4n) is 1.95. The van der Waals surface area contributed by atoms with Crippen LogP contribution >= 0.6 is 11.8 Å². The Morgan fingerprint density at radius 1 is 1.28 bits per heavy atom. The Labute approximate surface area is 149 Å². The zero-order valence-electron chi connectivity index (χ0n) is 13.4. The highest BCUT2D eigenvalue weighted by Crippen LogP contribution is 2.35. The molecule has 0 radical (unpaired) electrons. The fraction of sp³-hybridized carbons (Fsp3) is 0.188. The van der Waals surface area contributed by atoms with Crippen LogP contribution in [0.1, 0.15) is 22.8 Å². The summed E-state index contributed by atoms with van der Waals surface area (Å²) in [5.74, 6) is -0.521. The number of ether oxygens (including phenoxy) is 1. The van der Waals surface area contributed by atoms with Crippen molar-refractivity contribution in [2.24, 2.45) is 5.16 Å². The van der Waals surface area contributed by atoms with E-state index >= 15 is 0 Å². The van der Waals surface area contributed by atoms with Gasteiger partial charge in [0.15, 0.2) is 0 Å². The first-order chi connectivity index (χ1) is 11.9. The lowest BCUT2D eigenvalue weighted by Crippen LogP contribution is -2.07. The predicted octanol–water partition coefficient (Wildman–Crippen LogP) is 2.69. The Bertz CT molecular complexity index is 924. The molecule has 0 amide bonds. The van der Waals surface area contributed by atoms with Crippen molar-refractivity contribution in [1.82, 2.24) is 0 Å². The van der Waals surface area contributed by atoms with Gasteiger partial charge in [-0.3, -0.25) is 4.28 Å². The van der Waals surface area contributed by atoms with E-state index in [4.69, 9.17) is 4.74 Å². The van der Waals surface area contributed by atoms with Crippen molar-refractivity contribution >= 4 is 38.5 Å². The third kappa shape index (κ3) is 4.95. The molecule has 130 valence electrons. The van der Waals surface area contributed by atoms with Crippen LogP contribution in [0.2, 0.25) is 0 Å². The van der Waals surface area contributed by atoms with Gasteiger partial charge < -0.3 is 4.74 Å². The van der Waals surface area contributed by atoms with Crippen LogP contribution in [0.3, 0.4) is 0 Å². The van der Waals surface area contributed by atoms with E-state index in [2.05, 4.69) is 15.5 Å². The van der Waals surface area contributed by atoms with Gasteiger partial charge in [0.05, 0.1) is 24.0 Å². The highest BCUT2D eigenvalue weighted by molar-refractivity contribution is 8.18. The minimum atomic E-state index is -3.71. The van der Waals surface area contributed by atoms with Gasteiger partial charge in [-0.1, -0.05) is 35.1 Å². The molecule has 1 aromatic rings. The van der Waals surface area contributed by atoms with Crippen molar-refractivity contribution in [1.29, 1.82) is 5.26 Å². The van der Waals surface area contributed by atoms with Crippen LogP contribution in [0.25, 0.3) is 5.57 Å². The molecule has 0 spiro atoms. The maximum absolute atomic E-state index is 12.1. The highest BCUT2D eigenvalue weighted by atomic mass is 32.2. The van der Waals surface area contributed by atoms with E-state index in [1.54, 1.807) is 37.3 Å². The Hall–Kier alpha value is -2.57. The molecule has 1 aromatic carbocycles. The average molecular weight is 378 g/mol. The summed E-state index contributed by atoms with van der Waals surface area (Å²) >= 11 is 1.07. The molecule has 1 aliphatic rings. The number of benzene rings is 1. The topological polar surface area (TPSA) is 106 Å².